The molecule has 1 aromatic carbocycles. The van der Waals surface area contributed by atoms with Gasteiger partial charge in [0.2, 0.25) is 10.0 Å². The molecule has 0 aliphatic heterocycles. The summed E-state index contributed by atoms with van der Waals surface area (Å²) in [5, 5.41) is 0.319. The van der Waals surface area contributed by atoms with Gasteiger partial charge in [-0.15, -0.1) is 11.6 Å². The number of halogens is 2. The maximum Gasteiger partial charge on any atom is 0.247 e. The summed E-state index contributed by atoms with van der Waals surface area (Å²) in [4.78, 5) is 0.0544. The highest BCUT2D eigenvalue weighted by Gasteiger charge is 2.30. The van der Waals surface area contributed by atoms with Crippen molar-refractivity contribution in [2.45, 2.75) is 37.6 Å². The van der Waals surface area contributed by atoms with E-state index in [0.717, 1.165) is 0 Å². The molecule has 20 heavy (non-hydrogen) atoms. The molecule has 0 atom stereocenters. The van der Waals surface area contributed by atoms with Gasteiger partial charge in [0.1, 0.15) is 10.6 Å². The van der Waals surface area contributed by atoms with Crippen molar-refractivity contribution >= 4 is 33.2 Å². The molecule has 1 aromatic rings. The van der Waals surface area contributed by atoms with Crippen molar-refractivity contribution in [1.82, 2.24) is 4.31 Å². The van der Waals surface area contributed by atoms with E-state index < -0.39 is 10.0 Å². The molecule has 7 heteroatoms. The van der Waals surface area contributed by atoms with Crippen LogP contribution in [0.4, 0.5) is 0 Å². The van der Waals surface area contributed by atoms with Gasteiger partial charge >= 0.3 is 0 Å². The number of nitrogens with zero attached hydrogens (tertiary/aromatic N) is 1. The second-order valence-electron chi connectivity index (χ2n) is 4.53. The third kappa shape index (κ3) is 3.39. The first-order chi connectivity index (χ1) is 9.29. The van der Waals surface area contributed by atoms with E-state index in [2.05, 4.69) is 0 Å². The summed E-state index contributed by atoms with van der Waals surface area (Å²) in [6, 6.07) is 2.85. The molecule has 0 aromatic heterocycles. The largest absolute Gasteiger partial charge is 0.495 e. The lowest BCUT2D eigenvalue weighted by atomic mass is 10.2. The molecule has 0 aliphatic carbocycles. The number of alkyl halides is 1. The molecular formula is C13H19Cl2NO3S. The van der Waals surface area contributed by atoms with Crippen LogP contribution >= 0.6 is 23.2 Å². The molecule has 4 nitrogen and oxygen atoms in total. The lowest BCUT2D eigenvalue weighted by Gasteiger charge is -2.25. The minimum Gasteiger partial charge on any atom is -0.495 e. The van der Waals surface area contributed by atoms with E-state index in [1.807, 2.05) is 13.8 Å². The molecule has 0 fully saturated rings. The molecule has 1 rings (SSSR count). The summed E-state index contributed by atoms with van der Waals surface area (Å²) in [5.41, 5.74) is 0.556. The van der Waals surface area contributed by atoms with Crippen LogP contribution in [0.25, 0.3) is 0 Å². The highest BCUT2D eigenvalue weighted by atomic mass is 35.5. The van der Waals surface area contributed by atoms with Crippen LogP contribution in [0.5, 0.6) is 5.75 Å². The zero-order valence-corrected chi connectivity index (χ0v) is 14.3. The molecule has 0 bridgehead atoms. The van der Waals surface area contributed by atoms with Crippen molar-refractivity contribution in [2.75, 3.05) is 13.7 Å². The zero-order valence-electron chi connectivity index (χ0n) is 12.0. The standard InChI is InChI=1S/C13H19Cl2NO3S/c1-5-16(9(2)3)20(17,18)12-7-11(15)6-10(8-14)13(12)19-4/h6-7,9H,5,8H2,1-4H3. The highest BCUT2D eigenvalue weighted by Crippen LogP contribution is 2.35. The molecular weight excluding hydrogens is 321 g/mol. The highest BCUT2D eigenvalue weighted by molar-refractivity contribution is 7.89. The fraction of sp³-hybridized carbons (Fsp3) is 0.538. The van der Waals surface area contributed by atoms with E-state index in [1.165, 1.54) is 17.5 Å². The van der Waals surface area contributed by atoms with Crippen LogP contribution in [0.1, 0.15) is 26.3 Å². The molecule has 114 valence electrons. The topological polar surface area (TPSA) is 46.6 Å². The van der Waals surface area contributed by atoms with Gasteiger partial charge in [-0.3, -0.25) is 0 Å². The average molecular weight is 340 g/mol. The SMILES string of the molecule is CCN(C(C)C)S(=O)(=O)c1cc(Cl)cc(CCl)c1OC. The minimum absolute atomic E-state index is 0.0544. The van der Waals surface area contributed by atoms with E-state index in [9.17, 15) is 8.42 Å². The Morgan fingerprint density at radius 1 is 1.35 bits per heavy atom. The van der Waals surface area contributed by atoms with Gasteiger partial charge in [0.25, 0.3) is 0 Å². The van der Waals surface area contributed by atoms with Gasteiger partial charge < -0.3 is 4.74 Å². The number of sulfonamides is 1. The molecule has 0 radical (unpaired) electrons. The van der Waals surface area contributed by atoms with E-state index >= 15 is 0 Å². The fourth-order valence-electron chi connectivity index (χ4n) is 2.08. The monoisotopic (exact) mass is 339 g/mol. The van der Waals surface area contributed by atoms with Crippen LogP contribution in [-0.2, 0) is 15.9 Å². The Labute approximate surface area is 130 Å². The summed E-state index contributed by atoms with van der Waals surface area (Å²) < 4.78 is 32.1. The van der Waals surface area contributed by atoms with Crippen molar-refractivity contribution < 1.29 is 13.2 Å². The van der Waals surface area contributed by atoms with Crippen LogP contribution in [-0.4, -0.2) is 32.4 Å². The number of rotatable bonds is 6. The van der Waals surface area contributed by atoms with E-state index in [4.69, 9.17) is 27.9 Å². The van der Waals surface area contributed by atoms with Crippen molar-refractivity contribution in [2.24, 2.45) is 0 Å². The number of benzene rings is 1. The Bertz CT molecular complexity index is 573. The van der Waals surface area contributed by atoms with Crippen LogP contribution in [0.3, 0.4) is 0 Å². The number of hydrogen-bond donors (Lipinski definition) is 0. The quantitative estimate of drug-likeness (QED) is 0.745. The van der Waals surface area contributed by atoms with Gasteiger partial charge in [-0.25, -0.2) is 8.42 Å². The van der Waals surface area contributed by atoms with Crippen LogP contribution in [0.15, 0.2) is 17.0 Å². The first-order valence-corrected chi connectivity index (χ1v) is 8.59. The van der Waals surface area contributed by atoms with Gasteiger partial charge in [0, 0.05) is 23.2 Å². The van der Waals surface area contributed by atoms with Crippen molar-refractivity contribution in [3.05, 3.63) is 22.7 Å². The number of hydrogen-bond acceptors (Lipinski definition) is 3. The maximum absolute atomic E-state index is 12.7. The Morgan fingerprint density at radius 3 is 2.35 bits per heavy atom. The maximum atomic E-state index is 12.7. The Hall–Kier alpha value is -0.490. The molecule has 0 N–H and O–H groups in total. The molecule has 0 saturated carbocycles. The minimum atomic E-state index is -3.68. The molecule has 0 spiro atoms. The van der Waals surface area contributed by atoms with Crippen molar-refractivity contribution in [3.63, 3.8) is 0 Å². The predicted molar refractivity (Wildman–Crippen MR) is 82.3 cm³/mol. The van der Waals surface area contributed by atoms with Crippen LogP contribution in [0, 0.1) is 0 Å². The lowest BCUT2D eigenvalue weighted by Crippen LogP contribution is -2.36. The third-order valence-electron chi connectivity index (χ3n) is 2.92. The average Bonchev–Trinajstić information content (AvgIpc) is 2.37. The predicted octanol–water partition coefficient (Wildman–Crippen LogP) is 3.51. The number of methoxy groups -OCH3 is 1. The molecule has 0 unspecified atom stereocenters. The van der Waals surface area contributed by atoms with Crippen molar-refractivity contribution in [3.8, 4) is 5.75 Å². The van der Waals surface area contributed by atoms with E-state index in [-0.39, 0.29) is 22.6 Å². The Balaban J connectivity index is 3.56. The smallest absolute Gasteiger partial charge is 0.247 e. The summed E-state index contributed by atoms with van der Waals surface area (Å²) in [6.45, 7) is 5.80. The third-order valence-corrected chi connectivity index (χ3v) is 5.58. The van der Waals surface area contributed by atoms with Gasteiger partial charge in [-0.05, 0) is 26.0 Å². The molecule has 0 amide bonds. The van der Waals surface area contributed by atoms with Gasteiger partial charge in [0.05, 0.1) is 13.0 Å². The summed E-state index contributed by atoms with van der Waals surface area (Å²) in [6.07, 6.45) is 0. The summed E-state index contributed by atoms with van der Waals surface area (Å²) >= 11 is 11.8. The molecule has 0 heterocycles. The first-order valence-electron chi connectivity index (χ1n) is 6.23. The Morgan fingerprint density at radius 2 is 1.95 bits per heavy atom. The van der Waals surface area contributed by atoms with E-state index in [1.54, 1.807) is 13.0 Å². The zero-order chi connectivity index (χ0) is 15.5. The fourth-order valence-corrected chi connectivity index (χ4v) is 4.46. The van der Waals surface area contributed by atoms with Gasteiger partial charge in [-0.1, -0.05) is 18.5 Å². The molecule has 0 saturated heterocycles. The van der Waals surface area contributed by atoms with Gasteiger partial charge in [-0.2, -0.15) is 4.31 Å². The normalized spacial score (nSPS) is 12.2. The second kappa shape index (κ2) is 6.98. The second-order valence-corrected chi connectivity index (χ2v) is 7.09. The number of ether oxygens (including phenoxy) is 1. The summed E-state index contributed by atoms with van der Waals surface area (Å²) in [5.74, 6) is 0.378. The molecule has 0 aliphatic rings. The van der Waals surface area contributed by atoms with Crippen molar-refractivity contribution in [1.29, 1.82) is 0 Å². The Kier molecular flexibility index (Phi) is 6.13. The van der Waals surface area contributed by atoms with Crippen LogP contribution < -0.4 is 4.74 Å². The first kappa shape index (κ1) is 17.6. The van der Waals surface area contributed by atoms with E-state index in [0.29, 0.717) is 17.1 Å². The summed E-state index contributed by atoms with van der Waals surface area (Å²) in [7, 11) is -2.26. The lowest BCUT2D eigenvalue weighted by molar-refractivity contribution is 0.361. The van der Waals surface area contributed by atoms with Gasteiger partial charge in [0.15, 0.2) is 0 Å². The van der Waals surface area contributed by atoms with Crippen LogP contribution in [0.2, 0.25) is 5.02 Å².